The Labute approximate surface area is 194 Å². The Balaban J connectivity index is 1.42. The van der Waals surface area contributed by atoms with Crippen LogP contribution in [0, 0.1) is 6.92 Å². The first-order chi connectivity index (χ1) is 15.8. The molecule has 2 aromatic rings. The summed E-state index contributed by atoms with van der Waals surface area (Å²) in [5.74, 6) is -0.748. The molecule has 0 spiro atoms. The lowest BCUT2D eigenvalue weighted by atomic mass is 9.92. The van der Waals surface area contributed by atoms with E-state index >= 15 is 0 Å². The van der Waals surface area contributed by atoms with Crippen molar-refractivity contribution < 1.29 is 22.7 Å². The topological polar surface area (TPSA) is 96.9 Å². The summed E-state index contributed by atoms with van der Waals surface area (Å²) in [4.78, 5) is 31.1. The third-order valence-electron chi connectivity index (χ3n) is 6.28. The number of ether oxygens (including phenoxy) is 1. The minimum absolute atomic E-state index is 0.227. The maximum Gasteiger partial charge on any atom is 0.339 e. The molecule has 9 heteroatoms. The first-order valence-corrected chi connectivity index (χ1v) is 12.8. The number of piperazine rings is 1. The first-order valence-electron chi connectivity index (χ1n) is 11.4. The van der Waals surface area contributed by atoms with Crippen molar-refractivity contribution in [3.63, 3.8) is 0 Å². The number of carbonyl (C=O) groups excluding carboxylic acids is 2. The molecule has 33 heavy (non-hydrogen) atoms. The molecule has 1 amide bonds. The molecule has 2 heterocycles. The monoisotopic (exact) mass is 471 g/mol. The summed E-state index contributed by atoms with van der Waals surface area (Å²) in [6, 6.07) is 8.52. The van der Waals surface area contributed by atoms with E-state index in [0.717, 1.165) is 31.2 Å². The summed E-state index contributed by atoms with van der Waals surface area (Å²) in [6.07, 6.45) is 4.16. The van der Waals surface area contributed by atoms with Crippen LogP contribution in [0.3, 0.4) is 0 Å². The maximum atomic E-state index is 13.2. The standard InChI is InChI=1S/C24H29N3O5S/c1-3-32-24(29)21-10-11-22(25-17(21)2)23(28)26-12-14-27(15-13-26)33(30,31)20-9-8-18-6-4-5-7-19(18)16-20/h8-11,16H,3-7,12-15H2,1-2H3. The molecular weight excluding hydrogens is 442 g/mol. The summed E-state index contributed by atoms with van der Waals surface area (Å²) in [5, 5.41) is 0. The predicted octanol–water partition coefficient (Wildman–Crippen LogP) is 2.59. The summed E-state index contributed by atoms with van der Waals surface area (Å²) >= 11 is 0. The van der Waals surface area contributed by atoms with Crippen LogP contribution in [0.25, 0.3) is 0 Å². The van der Waals surface area contributed by atoms with Gasteiger partial charge >= 0.3 is 5.97 Å². The summed E-state index contributed by atoms with van der Waals surface area (Å²) in [6.45, 7) is 4.66. The fraction of sp³-hybridized carbons (Fsp3) is 0.458. The van der Waals surface area contributed by atoms with Gasteiger partial charge < -0.3 is 9.64 Å². The van der Waals surface area contributed by atoms with E-state index in [0.29, 0.717) is 16.2 Å². The second-order valence-electron chi connectivity index (χ2n) is 8.38. The van der Waals surface area contributed by atoms with Crippen molar-refractivity contribution >= 4 is 21.9 Å². The van der Waals surface area contributed by atoms with Crippen LogP contribution in [0.2, 0.25) is 0 Å². The normalized spacial score (nSPS) is 16.8. The highest BCUT2D eigenvalue weighted by molar-refractivity contribution is 7.89. The molecule has 1 aliphatic heterocycles. The Morgan fingerprint density at radius 1 is 1.00 bits per heavy atom. The van der Waals surface area contributed by atoms with Crippen LogP contribution in [0.5, 0.6) is 0 Å². The van der Waals surface area contributed by atoms with Crippen LogP contribution < -0.4 is 0 Å². The van der Waals surface area contributed by atoms with Gasteiger partial charge in [-0.1, -0.05) is 6.07 Å². The van der Waals surface area contributed by atoms with E-state index in [1.165, 1.54) is 15.9 Å². The predicted molar refractivity (Wildman–Crippen MR) is 123 cm³/mol. The highest BCUT2D eigenvalue weighted by Crippen LogP contribution is 2.26. The van der Waals surface area contributed by atoms with Gasteiger partial charge in [-0.3, -0.25) is 4.79 Å². The Bertz CT molecular complexity index is 1170. The Kier molecular flexibility index (Phi) is 6.81. The van der Waals surface area contributed by atoms with Crippen molar-refractivity contribution in [2.45, 2.75) is 44.4 Å². The summed E-state index contributed by atoms with van der Waals surface area (Å²) in [7, 11) is -3.61. The molecule has 1 aromatic carbocycles. The molecular formula is C24H29N3O5S. The number of amides is 1. The van der Waals surface area contributed by atoms with E-state index in [9.17, 15) is 18.0 Å². The Morgan fingerprint density at radius 2 is 1.70 bits per heavy atom. The maximum absolute atomic E-state index is 13.2. The van der Waals surface area contributed by atoms with Gasteiger partial charge in [-0.2, -0.15) is 4.31 Å². The number of fused-ring (bicyclic) bond motifs is 1. The molecule has 0 N–H and O–H groups in total. The molecule has 0 saturated carbocycles. The number of hydrogen-bond donors (Lipinski definition) is 0. The Morgan fingerprint density at radius 3 is 2.36 bits per heavy atom. The number of carbonyl (C=O) groups is 2. The first kappa shape index (κ1) is 23.4. The lowest BCUT2D eigenvalue weighted by Crippen LogP contribution is -2.50. The highest BCUT2D eigenvalue weighted by Gasteiger charge is 2.31. The average Bonchev–Trinajstić information content (AvgIpc) is 2.83. The van der Waals surface area contributed by atoms with E-state index in [2.05, 4.69) is 4.98 Å². The van der Waals surface area contributed by atoms with Gasteiger partial charge in [0.15, 0.2) is 0 Å². The van der Waals surface area contributed by atoms with Crippen molar-refractivity contribution in [1.29, 1.82) is 0 Å². The molecule has 1 aliphatic carbocycles. The van der Waals surface area contributed by atoms with Crippen LogP contribution in [-0.4, -0.2) is 67.3 Å². The lowest BCUT2D eigenvalue weighted by Gasteiger charge is -2.34. The fourth-order valence-electron chi connectivity index (χ4n) is 4.42. The summed E-state index contributed by atoms with van der Waals surface area (Å²) < 4.78 is 32.8. The van der Waals surface area contributed by atoms with Gasteiger partial charge in [0.1, 0.15) is 5.69 Å². The van der Waals surface area contributed by atoms with E-state index < -0.39 is 16.0 Å². The molecule has 1 aromatic heterocycles. The number of sulfonamides is 1. The molecule has 1 fully saturated rings. The van der Waals surface area contributed by atoms with Crippen LogP contribution >= 0.6 is 0 Å². The molecule has 4 rings (SSSR count). The zero-order chi connectivity index (χ0) is 23.6. The zero-order valence-electron chi connectivity index (χ0n) is 19.0. The number of pyridine rings is 1. The molecule has 0 radical (unpaired) electrons. The molecule has 0 bridgehead atoms. The van der Waals surface area contributed by atoms with Gasteiger partial charge in [0.2, 0.25) is 10.0 Å². The van der Waals surface area contributed by atoms with E-state index in [1.807, 2.05) is 12.1 Å². The van der Waals surface area contributed by atoms with Gasteiger partial charge in [0, 0.05) is 26.2 Å². The van der Waals surface area contributed by atoms with Crippen molar-refractivity contribution in [2.24, 2.45) is 0 Å². The van der Waals surface area contributed by atoms with Gasteiger partial charge in [0.05, 0.1) is 22.8 Å². The quantitative estimate of drug-likeness (QED) is 0.622. The second-order valence-corrected chi connectivity index (χ2v) is 10.3. The van der Waals surface area contributed by atoms with Crippen molar-refractivity contribution in [1.82, 2.24) is 14.2 Å². The molecule has 8 nitrogen and oxygen atoms in total. The average molecular weight is 472 g/mol. The second kappa shape index (κ2) is 9.61. The van der Waals surface area contributed by atoms with Crippen LogP contribution in [0.1, 0.15) is 57.4 Å². The van der Waals surface area contributed by atoms with Gasteiger partial charge in [-0.05, 0) is 74.9 Å². The number of benzene rings is 1. The Hall–Kier alpha value is -2.78. The van der Waals surface area contributed by atoms with Crippen LogP contribution in [-0.2, 0) is 27.6 Å². The van der Waals surface area contributed by atoms with Gasteiger partial charge in [0.25, 0.3) is 5.91 Å². The van der Waals surface area contributed by atoms with E-state index in [4.69, 9.17) is 4.74 Å². The molecule has 176 valence electrons. The highest BCUT2D eigenvalue weighted by atomic mass is 32.2. The number of rotatable bonds is 5. The number of nitrogens with zero attached hydrogens (tertiary/aromatic N) is 3. The van der Waals surface area contributed by atoms with Crippen molar-refractivity contribution in [3.05, 3.63) is 58.4 Å². The third-order valence-corrected chi connectivity index (χ3v) is 8.18. The zero-order valence-corrected chi connectivity index (χ0v) is 19.9. The van der Waals surface area contributed by atoms with Gasteiger partial charge in [-0.25, -0.2) is 18.2 Å². The number of aryl methyl sites for hydroxylation is 3. The van der Waals surface area contributed by atoms with Crippen LogP contribution in [0.15, 0.2) is 35.2 Å². The number of aromatic nitrogens is 1. The van der Waals surface area contributed by atoms with Crippen molar-refractivity contribution in [2.75, 3.05) is 32.8 Å². The molecule has 0 unspecified atom stereocenters. The summed E-state index contributed by atoms with van der Waals surface area (Å²) in [5.41, 5.74) is 3.35. The van der Waals surface area contributed by atoms with Gasteiger partial charge in [-0.15, -0.1) is 0 Å². The van der Waals surface area contributed by atoms with Crippen molar-refractivity contribution in [3.8, 4) is 0 Å². The minimum atomic E-state index is -3.61. The van der Waals surface area contributed by atoms with E-state index in [-0.39, 0.29) is 44.4 Å². The molecule has 2 aliphatic rings. The third kappa shape index (κ3) is 4.79. The SMILES string of the molecule is CCOC(=O)c1ccc(C(=O)N2CCN(S(=O)(=O)c3ccc4c(c3)CCCC4)CC2)nc1C. The largest absolute Gasteiger partial charge is 0.462 e. The lowest BCUT2D eigenvalue weighted by molar-refractivity contribution is 0.0523. The molecule has 0 atom stereocenters. The minimum Gasteiger partial charge on any atom is -0.462 e. The fourth-order valence-corrected chi connectivity index (χ4v) is 5.89. The molecule has 1 saturated heterocycles. The van der Waals surface area contributed by atoms with E-state index in [1.54, 1.807) is 30.9 Å². The number of esters is 1. The number of hydrogen-bond acceptors (Lipinski definition) is 6. The smallest absolute Gasteiger partial charge is 0.339 e. The van der Waals surface area contributed by atoms with Crippen LogP contribution in [0.4, 0.5) is 0 Å².